The number of nitrogens with one attached hydrogen (secondary N) is 2. The summed E-state index contributed by atoms with van der Waals surface area (Å²) < 4.78 is 0. The van der Waals surface area contributed by atoms with E-state index in [4.69, 9.17) is 5.11 Å². The van der Waals surface area contributed by atoms with Crippen LogP contribution in [0.4, 0.5) is 4.79 Å². The van der Waals surface area contributed by atoms with Gasteiger partial charge in [-0.2, -0.15) is 0 Å². The van der Waals surface area contributed by atoms with Gasteiger partial charge in [-0.3, -0.25) is 4.79 Å². The Morgan fingerprint density at radius 3 is 2.44 bits per heavy atom. The molecule has 1 saturated carbocycles. The molecule has 3 rings (SSSR count). The maximum Gasteiger partial charge on any atom is 0.315 e. The third kappa shape index (κ3) is 4.14. The molecule has 25 heavy (non-hydrogen) atoms. The van der Waals surface area contributed by atoms with Crippen molar-refractivity contribution in [1.82, 2.24) is 10.6 Å². The van der Waals surface area contributed by atoms with Crippen molar-refractivity contribution < 1.29 is 14.7 Å². The van der Waals surface area contributed by atoms with Gasteiger partial charge >= 0.3 is 12.0 Å². The molecular weight excluding hydrogens is 316 g/mol. The van der Waals surface area contributed by atoms with Crippen molar-refractivity contribution in [2.45, 2.75) is 70.4 Å². The predicted molar refractivity (Wildman–Crippen MR) is 96.6 cm³/mol. The third-order valence-electron chi connectivity index (χ3n) is 5.63. The van der Waals surface area contributed by atoms with Gasteiger partial charge in [-0.05, 0) is 61.1 Å². The van der Waals surface area contributed by atoms with Crippen LogP contribution in [-0.2, 0) is 11.2 Å². The summed E-state index contributed by atoms with van der Waals surface area (Å²) in [5.74, 6) is -0.492. The standard InChI is InChI=1S/C20H28N2O3/c1-12(2)15-4-3-13-7-10-18(17(13)11-15)22-20(25)21-16-8-5-14(6-9-16)19(23)24/h3-4,11-12,14,16,18H,5-10H2,1-2H3,(H,23,24)(H2,21,22,25). The lowest BCUT2D eigenvalue weighted by atomic mass is 9.86. The van der Waals surface area contributed by atoms with E-state index in [-0.39, 0.29) is 24.0 Å². The Balaban J connectivity index is 1.55. The first-order chi connectivity index (χ1) is 11.9. The lowest BCUT2D eigenvalue weighted by molar-refractivity contribution is -0.142. The average molecular weight is 344 g/mol. The van der Waals surface area contributed by atoms with Crippen molar-refractivity contribution >= 4 is 12.0 Å². The third-order valence-corrected chi connectivity index (χ3v) is 5.63. The normalized spacial score (nSPS) is 25.5. The van der Waals surface area contributed by atoms with E-state index in [0.29, 0.717) is 18.8 Å². The van der Waals surface area contributed by atoms with Crippen molar-refractivity contribution in [2.75, 3.05) is 0 Å². The summed E-state index contributed by atoms with van der Waals surface area (Å²) in [7, 11) is 0. The van der Waals surface area contributed by atoms with Gasteiger partial charge in [-0.15, -0.1) is 0 Å². The van der Waals surface area contributed by atoms with Crippen LogP contribution in [0.25, 0.3) is 0 Å². The molecule has 0 heterocycles. The summed E-state index contributed by atoms with van der Waals surface area (Å²) in [5, 5.41) is 15.2. The molecule has 0 bridgehead atoms. The van der Waals surface area contributed by atoms with Crippen molar-refractivity contribution in [2.24, 2.45) is 5.92 Å². The van der Waals surface area contributed by atoms with E-state index in [1.165, 1.54) is 16.7 Å². The molecule has 136 valence electrons. The number of urea groups is 1. The number of hydrogen-bond acceptors (Lipinski definition) is 2. The van der Waals surface area contributed by atoms with Crippen LogP contribution in [0.3, 0.4) is 0 Å². The SMILES string of the molecule is CC(C)c1ccc2c(c1)C(NC(=O)NC1CCC(C(=O)O)CC1)CC2. The average Bonchev–Trinajstić information content (AvgIpc) is 2.97. The number of carbonyl (C=O) groups is 2. The van der Waals surface area contributed by atoms with Gasteiger partial charge in [0.05, 0.1) is 12.0 Å². The number of carboxylic acid groups (broad SMARTS) is 1. The topological polar surface area (TPSA) is 78.4 Å². The summed E-state index contributed by atoms with van der Waals surface area (Å²) in [6, 6.07) is 6.63. The fourth-order valence-electron chi connectivity index (χ4n) is 4.00. The number of amides is 2. The molecule has 5 nitrogen and oxygen atoms in total. The van der Waals surface area contributed by atoms with Gasteiger partial charge in [-0.25, -0.2) is 4.79 Å². The molecule has 1 aromatic carbocycles. The van der Waals surface area contributed by atoms with Crippen LogP contribution in [0.5, 0.6) is 0 Å². The van der Waals surface area contributed by atoms with Crippen LogP contribution in [0, 0.1) is 5.92 Å². The second-order valence-electron chi connectivity index (χ2n) is 7.71. The smallest absolute Gasteiger partial charge is 0.315 e. The Morgan fingerprint density at radius 1 is 1.08 bits per heavy atom. The molecule has 1 unspecified atom stereocenters. The number of carbonyl (C=O) groups excluding carboxylic acids is 1. The highest BCUT2D eigenvalue weighted by Gasteiger charge is 2.28. The van der Waals surface area contributed by atoms with Crippen LogP contribution in [0.2, 0.25) is 0 Å². The maximum absolute atomic E-state index is 12.4. The molecule has 3 N–H and O–H groups in total. The number of hydrogen-bond donors (Lipinski definition) is 3. The number of aryl methyl sites for hydroxylation is 1. The Kier molecular flexibility index (Phi) is 5.30. The molecule has 1 fully saturated rings. The van der Waals surface area contributed by atoms with E-state index in [1.807, 2.05) is 0 Å². The molecular formula is C20H28N2O3. The van der Waals surface area contributed by atoms with Crippen LogP contribution >= 0.6 is 0 Å². The van der Waals surface area contributed by atoms with Gasteiger partial charge in [0.1, 0.15) is 0 Å². The van der Waals surface area contributed by atoms with Crippen LogP contribution in [0.15, 0.2) is 18.2 Å². The number of benzene rings is 1. The van der Waals surface area contributed by atoms with Crippen LogP contribution in [0.1, 0.15) is 74.6 Å². The Hall–Kier alpha value is -2.04. The highest BCUT2D eigenvalue weighted by molar-refractivity contribution is 5.75. The second kappa shape index (κ2) is 7.46. The van der Waals surface area contributed by atoms with E-state index in [9.17, 15) is 9.59 Å². The fourth-order valence-corrected chi connectivity index (χ4v) is 4.00. The summed E-state index contributed by atoms with van der Waals surface area (Å²) in [6.45, 7) is 4.36. The summed E-state index contributed by atoms with van der Waals surface area (Å²) in [4.78, 5) is 23.4. The number of fused-ring (bicyclic) bond motifs is 1. The molecule has 0 aromatic heterocycles. The highest BCUT2D eigenvalue weighted by atomic mass is 16.4. The lowest BCUT2D eigenvalue weighted by Gasteiger charge is -2.27. The fraction of sp³-hybridized carbons (Fsp3) is 0.600. The number of rotatable bonds is 4. The molecule has 1 atom stereocenters. The van der Waals surface area contributed by atoms with E-state index in [0.717, 1.165) is 25.7 Å². The van der Waals surface area contributed by atoms with Crippen molar-refractivity contribution in [3.63, 3.8) is 0 Å². The van der Waals surface area contributed by atoms with Crippen molar-refractivity contribution in [1.29, 1.82) is 0 Å². The first-order valence-corrected chi connectivity index (χ1v) is 9.36. The largest absolute Gasteiger partial charge is 0.481 e. The lowest BCUT2D eigenvalue weighted by Crippen LogP contribution is -2.45. The van der Waals surface area contributed by atoms with Gasteiger partial charge in [0.25, 0.3) is 0 Å². The minimum atomic E-state index is -0.716. The predicted octanol–water partition coefficient (Wildman–Crippen LogP) is 3.74. The quantitative estimate of drug-likeness (QED) is 0.778. The first-order valence-electron chi connectivity index (χ1n) is 9.36. The number of aliphatic carboxylic acids is 1. The summed E-state index contributed by atoms with van der Waals surface area (Å²) >= 11 is 0. The van der Waals surface area contributed by atoms with Gasteiger partial charge < -0.3 is 15.7 Å². The molecule has 0 radical (unpaired) electrons. The molecule has 1 aromatic rings. The molecule has 5 heteroatoms. The van der Waals surface area contributed by atoms with Crippen LogP contribution < -0.4 is 10.6 Å². The number of carboxylic acids is 1. The Bertz CT molecular complexity index is 648. The highest BCUT2D eigenvalue weighted by Crippen LogP contribution is 2.33. The summed E-state index contributed by atoms with van der Waals surface area (Å²) in [5.41, 5.74) is 3.88. The van der Waals surface area contributed by atoms with Gasteiger partial charge in [-0.1, -0.05) is 32.0 Å². The molecule has 0 saturated heterocycles. The van der Waals surface area contributed by atoms with Gasteiger partial charge in [0.15, 0.2) is 0 Å². The van der Waals surface area contributed by atoms with Crippen molar-refractivity contribution in [3.8, 4) is 0 Å². The Morgan fingerprint density at radius 2 is 1.80 bits per heavy atom. The minimum absolute atomic E-state index is 0.0732. The van der Waals surface area contributed by atoms with E-state index >= 15 is 0 Å². The Labute approximate surface area is 149 Å². The first kappa shape index (κ1) is 17.8. The monoisotopic (exact) mass is 344 g/mol. The molecule has 2 amide bonds. The minimum Gasteiger partial charge on any atom is -0.481 e. The second-order valence-corrected chi connectivity index (χ2v) is 7.71. The zero-order chi connectivity index (χ0) is 18.0. The zero-order valence-electron chi connectivity index (χ0n) is 15.0. The zero-order valence-corrected chi connectivity index (χ0v) is 15.0. The van der Waals surface area contributed by atoms with Gasteiger partial charge in [0, 0.05) is 6.04 Å². The van der Waals surface area contributed by atoms with E-state index in [1.54, 1.807) is 0 Å². The van der Waals surface area contributed by atoms with Gasteiger partial charge in [0.2, 0.25) is 0 Å². The molecule has 0 aliphatic heterocycles. The summed E-state index contributed by atoms with van der Waals surface area (Å²) in [6.07, 6.45) is 4.71. The molecule has 2 aliphatic carbocycles. The van der Waals surface area contributed by atoms with E-state index in [2.05, 4.69) is 42.7 Å². The van der Waals surface area contributed by atoms with Crippen molar-refractivity contribution in [3.05, 3.63) is 34.9 Å². The molecule has 0 spiro atoms. The van der Waals surface area contributed by atoms with Crippen LogP contribution in [-0.4, -0.2) is 23.1 Å². The molecule has 2 aliphatic rings. The van der Waals surface area contributed by atoms with E-state index < -0.39 is 5.97 Å². The maximum atomic E-state index is 12.4.